The van der Waals surface area contributed by atoms with Crippen LogP contribution in [0.1, 0.15) is 20.3 Å². The van der Waals surface area contributed by atoms with Crippen molar-refractivity contribution in [2.45, 2.75) is 20.3 Å². The molecule has 1 heterocycles. The quantitative estimate of drug-likeness (QED) is 0.523. The molecule has 0 bridgehead atoms. The van der Waals surface area contributed by atoms with Crippen molar-refractivity contribution < 1.29 is 4.92 Å². The molecule has 0 unspecified atom stereocenters. The van der Waals surface area contributed by atoms with E-state index in [0.29, 0.717) is 5.92 Å². The maximum Gasteiger partial charge on any atom is 0.269 e. The summed E-state index contributed by atoms with van der Waals surface area (Å²) >= 11 is 0. The summed E-state index contributed by atoms with van der Waals surface area (Å²) < 4.78 is 0. The lowest BCUT2D eigenvalue weighted by Gasteiger charge is -2.11. The fraction of sp³-hybridized carbons (Fsp3) is 0.263. The first-order valence-electron chi connectivity index (χ1n) is 8.28. The summed E-state index contributed by atoms with van der Waals surface area (Å²) in [7, 11) is 0. The summed E-state index contributed by atoms with van der Waals surface area (Å²) in [4.78, 5) is 19.1. The van der Waals surface area contributed by atoms with E-state index < -0.39 is 4.92 Å². The van der Waals surface area contributed by atoms with Crippen LogP contribution in [0.2, 0.25) is 0 Å². The number of anilines is 1. The largest absolute Gasteiger partial charge is 0.369 e. The number of nitrogens with zero attached hydrogens (tertiary/aromatic N) is 3. The second-order valence-electron chi connectivity index (χ2n) is 6.37. The number of benzene rings is 2. The van der Waals surface area contributed by atoms with Crippen LogP contribution in [0.25, 0.3) is 22.0 Å². The molecule has 0 amide bonds. The Morgan fingerprint density at radius 2 is 1.80 bits per heavy atom. The molecule has 1 N–H and O–H groups in total. The van der Waals surface area contributed by atoms with Gasteiger partial charge in [0, 0.05) is 24.1 Å². The van der Waals surface area contributed by atoms with E-state index in [4.69, 9.17) is 0 Å². The van der Waals surface area contributed by atoms with Crippen molar-refractivity contribution >= 4 is 22.4 Å². The van der Waals surface area contributed by atoms with E-state index in [1.807, 2.05) is 18.2 Å². The van der Waals surface area contributed by atoms with Gasteiger partial charge < -0.3 is 5.32 Å². The van der Waals surface area contributed by atoms with Crippen LogP contribution < -0.4 is 5.32 Å². The summed E-state index contributed by atoms with van der Waals surface area (Å²) in [5, 5.41) is 15.1. The first kappa shape index (κ1) is 16.8. The van der Waals surface area contributed by atoms with E-state index in [1.54, 1.807) is 18.5 Å². The molecule has 0 saturated heterocycles. The molecule has 6 heteroatoms. The molecule has 0 aliphatic heterocycles. The van der Waals surface area contributed by atoms with Gasteiger partial charge in [-0.1, -0.05) is 19.9 Å². The van der Waals surface area contributed by atoms with Crippen LogP contribution in [-0.4, -0.2) is 21.4 Å². The van der Waals surface area contributed by atoms with Crippen LogP contribution in [0.5, 0.6) is 0 Å². The summed E-state index contributed by atoms with van der Waals surface area (Å²) in [6.45, 7) is 5.23. The Balaban J connectivity index is 1.93. The molecule has 6 nitrogen and oxygen atoms in total. The number of hydrogen-bond acceptors (Lipinski definition) is 5. The number of nitro groups is 1. The third-order valence-electron chi connectivity index (χ3n) is 4.06. The van der Waals surface area contributed by atoms with E-state index in [9.17, 15) is 10.1 Å². The average molecular weight is 336 g/mol. The molecule has 2 aromatic carbocycles. The highest BCUT2D eigenvalue weighted by molar-refractivity contribution is 5.92. The molecule has 0 saturated carbocycles. The van der Waals surface area contributed by atoms with Crippen LogP contribution in [0.4, 0.5) is 11.5 Å². The Morgan fingerprint density at radius 1 is 1.08 bits per heavy atom. The number of non-ortho nitro benzene ring substituents is 1. The van der Waals surface area contributed by atoms with Gasteiger partial charge >= 0.3 is 0 Å². The second-order valence-corrected chi connectivity index (χ2v) is 6.37. The summed E-state index contributed by atoms with van der Waals surface area (Å²) in [5.41, 5.74) is 2.85. The van der Waals surface area contributed by atoms with E-state index in [0.717, 1.165) is 40.8 Å². The molecule has 0 fully saturated rings. The first-order chi connectivity index (χ1) is 12.0. The highest BCUT2D eigenvalue weighted by Crippen LogP contribution is 2.28. The fourth-order valence-corrected chi connectivity index (χ4v) is 2.63. The Bertz CT molecular complexity index is 892. The average Bonchev–Trinajstić information content (AvgIpc) is 2.61. The van der Waals surface area contributed by atoms with E-state index in [2.05, 4.69) is 29.1 Å². The topological polar surface area (TPSA) is 81.0 Å². The maximum absolute atomic E-state index is 10.8. The van der Waals surface area contributed by atoms with E-state index >= 15 is 0 Å². The zero-order chi connectivity index (χ0) is 17.8. The number of fused-ring (bicyclic) bond motifs is 1. The molecule has 3 rings (SSSR count). The van der Waals surface area contributed by atoms with Gasteiger partial charge in [0.15, 0.2) is 0 Å². The molecule has 128 valence electrons. The Morgan fingerprint density at radius 3 is 2.48 bits per heavy atom. The number of nitro benzene ring substituents is 1. The molecule has 3 aromatic rings. The third-order valence-corrected chi connectivity index (χ3v) is 4.06. The van der Waals surface area contributed by atoms with Gasteiger partial charge in [0.25, 0.3) is 5.69 Å². The van der Waals surface area contributed by atoms with Crippen LogP contribution in [0.15, 0.2) is 48.8 Å². The molecule has 25 heavy (non-hydrogen) atoms. The van der Waals surface area contributed by atoms with Crippen LogP contribution in [-0.2, 0) is 0 Å². The Hall–Kier alpha value is -3.02. The van der Waals surface area contributed by atoms with Crippen molar-refractivity contribution in [3.05, 3.63) is 58.9 Å². The fourth-order valence-electron chi connectivity index (χ4n) is 2.63. The number of aromatic nitrogens is 2. The molecule has 1 aromatic heterocycles. The first-order valence-corrected chi connectivity index (χ1v) is 8.28. The van der Waals surface area contributed by atoms with Crippen molar-refractivity contribution in [2.24, 2.45) is 5.92 Å². The Kier molecular flexibility index (Phi) is 4.88. The molecule has 0 atom stereocenters. The summed E-state index contributed by atoms with van der Waals surface area (Å²) in [6.07, 6.45) is 2.62. The standard InChI is InChI=1S/C19H20N4O2/c1-13(2)9-10-20-19-17-11-15(5-8-18(17)21-12-22-19)14-3-6-16(7-4-14)23(24)25/h3-8,11-13H,9-10H2,1-2H3,(H,20,21,22). The molecule has 0 spiro atoms. The SMILES string of the molecule is CC(C)CCNc1ncnc2ccc(-c3ccc([N+](=O)[O-])cc3)cc12. The van der Waals surface area contributed by atoms with Crippen molar-refractivity contribution in [1.29, 1.82) is 0 Å². The monoisotopic (exact) mass is 336 g/mol. The van der Waals surface area contributed by atoms with Gasteiger partial charge in [-0.3, -0.25) is 10.1 Å². The van der Waals surface area contributed by atoms with E-state index in [1.165, 1.54) is 12.1 Å². The molecular formula is C19H20N4O2. The zero-order valence-electron chi connectivity index (χ0n) is 14.3. The van der Waals surface area contributed by atoms with Crippen molar-refractivity contribution in [1.82, 2.24) is 9.97 Å². The lowest BCUT2D eigenvalue weighted by Crippen LogP contribution is -2.06. The minimum atomic E-state index is -0.394. The lowest BCUT2D eigenvalue weighted by atomic mass is 10.0. The van der Waals surface area contributed by atoms with Crippen molar-refractivity contribution in [3.8, 4) is 11.1 Å². The maximum atomic E-state index is 10.8. The van der Waals surface area contributed by atoms with E-state index in [-0.39, 0.29) is 5.69 Å². The smallest absolute Gasteiger partial charge is 0.269 e. The summed E-state index contributed by atoms with van der Waals surface area (Å²) in [6, 6.07) is 12.5. The van der Waals surface area contributed by atoms with Crippen LogP contribution >= 0.6 is 0 Å². The highest BCUT2D eigenvalue weighted by atomic mass is 16.6. The molecular weight excluding hydrogens is 316 g/mol. The predicted octanol–water partition coefficient (Wildman–Crippen LogP) is 4.66. The number of rotatable bonds is 6. The normalized spacial score (nSPS) is 11.0. The van der Waals surface area contributed by atoms with Crippen molar-refractivity contribution in [2.75, 3.05) is 11.9 Å². The van der Waals surface area contributed by atoms with Gasteiger partial charge in [0.1, 0.15) is 12.1 Å². The number of nitrogens with one attached hydrogen (secondary N) is 1. The van der Waals surface area contributed by atoms with Gasteiger partial charge in [-0.05, 0) is 47.7 Å². The van der Waals surface area contributed by atoms with Crippen LogP contribution in [0.3, 0.4) is 0 Å². The zero-order valence-corrected chi connectivity index (χ0v) is 14.3. The van der Waals surface area contributed by atoms with Gasteiger partial charge in [-0.15, -0.1) is 0 Å². The van der Waals surface area contributed by atoms with Gasteiger partial charge in [0.05, 0.1) is 10.4 Å². The molecule has 0 aliphatic rings. The predicted molar refractivity (Wildman–Crippen MR) is 99.6 cm³/mol. The Labute approximate surface area is 146 Å². The minimum Gasteiger partial charge on any atom is -0.369 e. The second kappa shape index (κ2) is 7.25. The molecule has 0 aliphatic carbocycles. The minimum absolute atomic E-state index is 0.0870. The van der Waals surface area contributed by atoms with Crippen molar-refractivity contribution in [3.63, 3.8) is 0 Å². The van der Waals surface area contributed by atoms with Crippen LogP contribution in [0, 0.1) is 16.0 Å². The summed E-state index contributed by atoms with van der Waals surface area (Å²) in [5.74, 6) is 1.44. The third kappa shape index (κ3) is 3.91. The van der Waals surface area contributed by atoms with Gasteiger partial charge in [-0.25, -0.2) is 9.97 Å². The van der Waals surface area contributed by atoms with Gasteiger partial charge in [-0.2, -0.15) is 0 Å². The lowest BCUT2D eigenvalue weighted by molar-refractivity contribution is -0.384. The molecule has 0 radical (unpaired) electrons. The van der Waals surface area contributed by atoms with Gasteiger partial charge in [0.2, 0.25) is 0 Å². The number of hydrogen-bond donors (Lipinski definition) is 1. The highest BCUT2D eigenvalue weighted by Gasteiger charge is 2.08.